The molecule has 5 aromatic rings. The first-order valence-corrected chi connectivity index (χ1v) is 19.5. The zero-order valence-electron chi connectivity index (χ0n) is 33.7. The van der Waals surface area contributed by atoms with Gasteiger partial charge in [-0.3, -0.25) is 19.8 Å². The number of carbonyl (C=O) groups is 6. The van der Waals surface area contributed by atoms with E-state index in [0.717, 1.165) is 16.7 Å². The van der Waals surface area contributed by atoms with Crippen LogP contribution in [0.5, 0.6) is 5.88 Å². The summed E-state index contributed by atoms with van der Waals surface area (Å²) < 4.78 is 43.2. The molecule has 4 aromatic carbocycles. The lowest BCUT2D eigenvalue weighted by Crippen LogP contribution is -2.39. The molecule has 2 aliphatic rings. The molecule has 18 heteroatoms. The van der Waals surface area contributed by atoms with Gasteiger partial charge in [0, 0.05) is 30.2 Å². The number of hydrogen-bond acceptors (Lipinski definition) is 12. The Kier molecular flexibility index (Phi) is 13.6. The normalized spacial score (nSPS) is 17.8. The van der Waals surface area contributed by atoms with Crippen LogP contribution >= 0.6 is 0 Å². The molecule has 7 rings (SSSR count). The fraction of sp³-hybridized carbons (Fsp3) is 0.244. The molecule has 2 amide bonds. The number of benzene rings is 4. The van der Waals surface area contributed by atoms with Crippen LogP contribution in [0.4, 0.5) is 30.5 Å². The molecule has 326 valence electrons. The van der Waals surface area contributed by atoms with Gasteiger partial charge in [0.25, 0.3) is 11.8 Å². The Bertz CT molecular complexity index is 2510. The molecule has 1 saturated heterocycles. The summed E-state index contributed by atoms with van der Waals surface area (Å²) in [5.41, 5.74) is 8.51. The Morgan fingerprint density at radius 3 is 2.16 bits per heavy atom. The van der Waals surface area contributed by atoms with Gasteiger partial charge in [-0.05, 0) is 66.3 Å². The molecule has 0 bridgehead atoms. The van der Waals surface area contributed by atoms with Crippen LogP contribution < -0.4 is 26.0 Å². The van der Waals surface area contributed by atoms with Gasteiger partial charge in [0.15, 0.2) is 0 Å². The highest BCUT2D eigenvalue weighted by Gasteiger charge is 2.72. The van der Waals surface area contributed by atoms with Crippen molar-refractivity contribution in [1.29, 1.82) is 0 Å². The second-order valence-electron chi connectivity index (χ2n) is 14.7. The number of esters is 1. The SMILES string of the molecule is Cc1cc(OCCCc2ccc3c(c2)C(=O)NCC(=O)N3c2ccc(C[C@@]3(C(=O)OCc4ccccc4)NC3(C=O)CC=O)cc2-c2ccccc2)nc(N)n1.O=C(O)C(F)(F)F. The molecule has 0 aliphatic carbocycles. The summed E-state index contributed by atoms with van der Waals surface area (Å²) in [7, 11) is 0. The van der Waals surface area contributed by atoms with Gasteiger partial charge in [0.2, 0.25) is 11.8 Å². The number of fused-ring (bicyclic) bond motifs is 1. The molecule has 2 atom stereocenters. The number of nitrogens with zero attached hydrogens (tertiary/aromatic N) is 3. The predicted molar refractivity (Wildman–Crippen MR) is 222 cm³/mol. The van der Waals surface area contributed by atoms with Crippen molar-refractivity contribution in [3.63, 3.8) is 0 Å². The second kappa shape index (κ2) is 19.1. The number of alkyl halides is 3. The van der Waals surface area contributed by atoms with Crippen LogP contribution in [0.15, 0.2) is 103 Å². The molecule has 63 heavy (non-hydrogen) atoms. The fourth-order valence-corrected chi connectivity index (χ4v) is 7.21. The summed E-state index contributed by atoms with van der Waals surface area (Å²) in [6.07, 6.45) is -2.85. The third-order valence-electron chi connectivity index (χ3n) is 10.3. The Morgan fingerprint density at radius 2 is 1.52 bits per heavy atom. The van der Waals surface area contributed by atoms with Crippen LogP contribution in [0.2, 0.25) is 0 Å². The average Bonchev–Trinajstić information content (AvgIpc) is 3.93. The summed E-state index contributed by atoms with van der Waals surface area (Å²) >= 11 is 0. The van der Waals surface area contributed by atoms with Crippen LogP contribution in [-0.4, -0.2) is 81.8 Å². The largest absolute Gasteiger partial charge is 0.490 e. The first-order valence-electron chi connectivity index (χ1n) is 19.5. The van der Waals surface area contributed by atoms with Crippen molar-refractivity contribution in [2.24, 2.45) is 0 Å². The van der Waals surface area contributed by atoms with Crippen molar-refractivity contribution in [3.05, 3.63) is 131 Å². The Balaban J connectivity index is 0.000000871. The van der Waals surface area contributed by atoms with E-state index < -0.39 is 29.2 Å². The Morgan fingerprint density at radius 1 is 0.889 bits per heavy atom. The molecular weight excluding hydrogens is 826 g/mol. The summed E-state index contributed by atoms with van der Waals surface area (Å²) in [6.45, 7) is 1.92. The lowest BCUT2D eigenvalue weighted by molar-refractivity contribution is -0.192. The van der Waals surface area contributed by atoms with Gasteiger partial charge in [-0.2, -0.15) is 18.2 Å². The van der Waals surface area contributed by atoms with Crippen LogP contribution in [-0.2, 0) is 48.2 Å². The van der Waals surface area contributed by atoms with E-state index in [-0.39, 0.29) is 43.8 Å². The van der Waals surface area contributed by atoms with Gasteiger partial charge in [0.05, 0.1) is 30.1 Å². The number of aromatic nitrogens is 2. The number of aryl methyl sites for hydroxylation is 2. The molecule has 5 N–H and O–H groups in total. The number of nitrogens with one attached hydrogen (secondary N) is 2. The molecule has 1 aromatic heterocycles. The van der Waals surface area contributed by atoms with E-state index in [1.54, 1.807) is 37.3 Å². The summed E-state index contributed by atoms with van der Waals surface area (Å²) in [5.74, 6) is -3.61. The number of carboxylic acid groups (broad SMARTS) is 1. The number of hydrogen-bond donors (Lipinski definition) is 4. The quantitative estimate of drug-likeness (QED) is 0.0457. The standard InChI is InChI=1S/C43H40N6O7.C2HF3O2/c1-28-21-37(47-41(44)46-28)55-20-8-11-29-14-16-36-34(22-29)39(53)45-25-38(52)49(36)35-17-15-31(23-33(35)32-12-6-3-7-13-32)24-43(42(27-51,48-43)18-19-50)40(54)56-26-30-9-4-2-5-10-30;3-2(4,5)1(6)7/h2-7,9-10,12-17,19,21-23,27,48H,8,11,18,20,24-26H2,1H3,(H,45,53)(H2,44,46,47);(H,6,7)/t42?,43-;/m0./s1. The van der Waals surface area contributed by atoms with E-state index in [4.69, 9.17) is 25.1 Å². The van der Waals surface area contributed by atoms with Crippen molar-refractivity contribution < 1.29 is 56.5 Å². The first kappa shape index (κ1) is 45.1. The van der Waals surface area contributed by atoms with Crippen molar-refractivity contribution in [2.45, 2.75) is 56.5 Å². The molecule has 2 aliphatic heterocycles. The Hall–Kier alpha value is -7.47. The number of aldehydes is 2. The minimum atomic E-state index is -5.08. The molecule has 0 saturated carbocycles. The summed E-state index contributed by atoms with van der Waals surface area (Å²) in [5, 5.41) is 12.9. The number of ether oxygens (including phenoxy) is 2. The number of aliphatic carboxylic acids is 1. The van der Waals surface area contributed by atoms with E-state index in [0.29, 0.717) is 71.7 Å². The number of carbonyl (C=O) groups excluding carboxylic acids is 5. The summed E-state index contributed by atoms with van der Waals surface area (Å²) in [6, 6.07) is 31.2. The number of anilines is 3. The van der Waals surface area contributed by atoms with Crippen molar-refractivity contribution in [2.75, 3.05) is 23.8 Å². The zero-order valence-corrected chi connectivity index (χ0v) is 33.7. The first-order chi connectivity index (χ1) is 30.1. The summed E-state index contributed by atoms with van der Waals surface area (Å²) in [4.78, 5) is 84.0. The van der Waals surface area contributed by atoms with Gasteiger partial charge in [0.1, 0.15) is 30.3 Å². The van der Waals surface area contributed by atoms with E-state index >= 15 is 0 Å². The number of halogens is 3. The maximum atomic E-state index is 13.9. The van der Waals surface area contributed by atoms with Crippen LogP contribution in [0.25, 0.3) is 11.1 Å². The maximum absolute atomic E-state index is 13.9. The predicted octanol–water partition coefficient (Wildman–Crippen LogP) is 5.24. The highest BCUT2D eigenvalue weighted by Crippen LogP contribution is 2.45. The third kappa shape index (κ3) is 10.4. The van der Waals surface area contributed by atoms with Crippen molar-refractivity contribution >= 4 is 53.6 Å². The lowest BCUT2D eigenvalue weighted by atomic mass is 9.85. The number of nitrogen functional groups attached to an aromatic ring is 1. The van der Waals surface area contributed by atoms with Gasteiger partial charge >= 0.3 is 18.1 Å². The molecule has 3 heterocycles. The average molecular weight is 867 g/mol. The maximum Gasteiger partial charge on any atom is 0.490 e. The van der Waals surface area contributed by atoms with Crippen molar-refractivity contribution in [1.82, 2.24) is 20.6 Å². The van der Waals surface area contributed by atoms with E-state index in [1.807, 2.05) is 72.8 Å². The number of nitrogens with two attached hydrogens (primary N) is 1. The zero-order chi connectivity index (χ0) is 45.4. The minimum Gasteiger partial charge on any atom is -0.478 e. The smallest absolute Gasteiger partial charge is 0.478 e. The van der Waals surface area contributed by atoms with Crippen LogP contribution in [0.1, 0.15) is 45.6 Å². The third-order valence-corrected chi connectivity index (χ3v) is 10.3. The van der Waals surface area contributed by atoms with Gasteiger partial charge in [-0.25, -0.2) is 14.6 Å². The van der Waals surface area contributed by atoms with E-state index in [9.17, 15) is 37.1 Å². The molecule has 0 radical (unpaired) electrons. The highest BCUT2D eigenvalue weighted by molar-refractivity contribution is 6.14. The highest BCUT2D eigenvalue weighted by atomic mass is 19.4. The second-order valence-corrected chi connectivity index (χ2v) is 14.7. The topological polar surface area (TPSA) is 230 Å². The van der Waals surface area contributed by atoms with E-state index in [2.05, 4.69) is 20.6 Å². The van der Waals surface area contributed by atoms with Gasteiger partial charge < -0.3 is 35.2 Å². The number of carboxylic acids is 1. The van der Waals surface area contributed by atoms with Crippen molar-refractivity contribution in [3.8, 4) is 17.0 Å². The number of amides is 2. The van der Waals surface area contributed by atoms with E-state index in [1.165, 1.54) is 4.90 Å². The number of rotatable bonds is 15. The fourth-order valence-electron chi connectivity index (χ4n) is 7.21. The van der Waals surface area contributed by atoms with Gasteiger partial charge in [-0.1, -0.05) is 72.8 Å². The molecule has 1 unspecified atom stereocenters. The minimum absolute atomic E-state index is 0.00950. The molecule has 1 fully saturated rings. The monoisotopic (exact) mass is 866 g/mol. The van der Waals surface area contributed by atoms with Gasteiger partial charge in [-0.15, -0.1) is 0 Å². The van der Waals surface area contributed by atoms with Crippen LogP contribution in [0.3, 0.4) is 0 Å². The molecule has 15 nitrogen and oxygen atoms in total. The Labute approximate surface area is 358 Å². The van der Waals surface area contributed by atoms with Crippen LogP contribution in [0, 0.1) is 6.92 Å². The molecule has 0 spiro atoms. The molecular formula is C45H41F3N6O9. The lowest BCUT2D eigenvalue weighted by Gasteiger charge is -2.26.